The lowest BCUT2D eigenvalue weighted by Crippen LogP contribution is -2.36. The van der Waals surface area contributed by atoms with Gasteiger partial charge in [0.1, 0.15) is 11.6 Å². The number of H-pyrrole nitrogens is 1. The van der Waals surface area contributed by atoms with Crippen LogP contribution in [0.3, 0.4) is 0 Å². The number of carbonyl (C=O) groups excluding carboxylic acids is 1. The molecule has 1 fully saturated rings. The first-order chi connectivity index (χ1) is 18.1. The Hall–Kier alpha value is -4.30. The van der Waals surface area contributed by atoms with Crippen LogP contribution in [0.15, 0.2) is 73.2 Å². The maximum absolute atomic E-state index is 12.9. The lowest BCUT2D eigenvalue weighted by molar-refractivity contribution is -0.117. The van der Waals surface area contributed by atoms with Crippen LogP contribution in [0.1, 0.15) is 11.3 Å². The Labute approximate surface area is 214 Å². The first kappa shape index (κ1) is 23.1. The van der Waals surface area contributed by atoms with Crippen molar-refractivity contribution < 1.29 is 9.53 Å². The zero-order valence-electron chi connectivity index (χ0n) is 20.7. The number of hydrogen-bond donors (Lipinski definition) is 1. The number of aromatic nitrogens is 5. The average molecular weight is 493 g/mol. The van der Waals surface area contributed by atoms with E-state index in [4.69, 9.17) is 4.74 Å². The number of ether oxygens (including phenoxy) is 1. The smallest absolute Gasteiger partial charge is 0.143 e. The summed E-state index contributed by atoms with van der Waals surface area (Å²) in [6.45, 7) is 3.14. The minimum atomic E-state index is 0.153. The Morgan fingerprint density at radius 2 is 1.84 bits per heavy atom. The van der Waals surface area contributed by atoms with Gasteiger partial charge in [0, 0.05) is 73.9 Å². The molecular weight excluding hydrogens is 464 g/mol. The summed E-state index contributed by atoms with van der Waals surface area (Å²) in [7, 11) is 1.87. The Morgan fingerprint density at radius 1 is 1.00 bits per heavy atom. The lowest BCUT2D eigenvalue weighted by Gasteiger charge is -2.28. The number of aryl methyl sites for hydroxylation is 1. The summed E-state index contributed by atoms with van der Waals surface area (Å²) in [4.78, 5) is 27.5. The molecule has 1 saturated heterocycles. The van der Waals surface area contributed by atoms with Crippen molar-refractivity contribution in [3.8, 4) is 22.5 Å². The number of ketones is 1. The fraction of sp³-hybridized carbons (Fsp3) is 0.241. The van der Waals surface area contributed by atoms with Crippen molar-refractivity contribution in [3.63, 3.8) is 0 Å². The second kappa shape index (κ2) is 9.99. The van der Waals surface area contributed by atoms with E-state index in [-0.39, 0.29) is 5.78 Å². The van der Waals surface area contributed by atoms with Gasteiger partial charge in [0.05, 0.1) is 24.4 Å². The van der Waals surface area contributed by atoms with Crippen molar-refractivity contribution in [2.75, 3.05) is 31.2 Å². The van der Waals surface area contributed by atoms with Gasteiger partial charge in [0.15, 0.2) is 0 Å². The van der Waals surface area contributed by atoms with Gasteiger partial charge in [-0.15, -0.1) is 0 Å². The van der Waals surface area contributed by atoms with Crippen LogP contribution < -0.4 is 4.90 Å². The zero-order valence-corrected chi connectivity index (χ0v) is 20.7. The third-order valence-corrected chi connectivity index (χ3v) is 6.82. The van der Waals surface area contributed by atoms with Gasteiger partial charge in [-0.1, -0.05) is 24.3 Å². The summed E-state index contributed by atoms with van der Waals surface area (Å²) in [5.41, 5.74) is 6.83. The number of aromatic amines is 1. The van der Waals surface area contributed by atoms with E-state index >= 15 is 0 Å². The molecule has 0 saturated carbocycles. The number of nitrogens with zero attached hydrogens (tertiary/aromatic N) is 5. The van der Waals surface area contributed by atoms with Crippen LogP contribution in [0.5, 0.6) is 0 Å². The summed E-state index contributed by atoms with van der Waals surface area (Å²) in [6, 6.07) is 18.2. The number of fused-ring (bicyclic) bond motifs is 1. The van der Waals surface area contributed by atoms with Crippen molar-refractivity contribution in [1.29, 1.82) is 0 Å². The van der Waals surface area contributed by atoms with Crippen LogP contribution in [0, 0.1) is 0 Å². The molecule has 0 bridgehead atoms. The van der Waals surface area contributed by atoms with Crippen LogP contribution in [0.4, 0.5) is 5.82 Å². The average Bonchev–Trinajstić information content (AvgIpc) is 3.53. The van der Waals surface area contributed by atoms with Gasteiger partial charge in [-0.05, 0) is 41.5 Å². The van der Waals surface area contributed by atoms with Gasteiger partial charge in [-0.25, -0.2) is 4.98 Å². The molecule has 6 rings (SSSR count). The van der Waals surface area contributed by atoms with Crippen LogP contribution in [-0.4, -0.2) is 56.8 Å². The summed E-state index contributed by atoms with van der Waals surface area (Å²) < 4.78 is 7.27. The molecule has 0 radical (unpaired) electrons. The standard InChI is InChI=1S/C29H28N6O2/c1-34-23(17-28(33-34)22-3-2-9-30-19-22)16-24(36)15-20-4-6-21(7-5-20)27-18-25-26(32-27)8-10-31-29(25)35-11-13-37-14-12-35/h2-10,17-19,32H,11-16H2,1H3. The third-order valence-electron chi connectivity index (χ3n) is 6.82. The van der Waals surface area contributed by atoms with Gasteiger partial charge >= 0.3 is 0 Å². The molecule has 0 aliphatic carbocycles. The molecular formula is C29H28N6O2. The van der Waals surface area contributed by atoms with Crippen molar-refractivity contribution in [2.45, 2.75) is 12.8 Å². The summed E-state index contributed by atoms with van der Waals surface area (Å²) >= 11 is 0. The number of morpholine rings is 1. The van der Waals surface area contributed by atoms with Crippen LogP contribution in [0.2, 0.25) is 0 Å². The van der Waals surface area contributed by atoms with Gasteiger partial charge in [0.25, 0.3) is 0 Å². The fourth-order valence-corrected chi connectivity index (χ4v) is 4.84. The molecule has 5 aromatic rings. The number of carbonyl (C=O) groups is 1. The largest absolute Gasteiger partial charge is 0.378 e. The summed E-state index contributed by atoms with van der Waals surface area (Å²) in [6.07, 6.45) is 6.09. The zero-order chi connectivity index (χ0) is 25.2. The second-order valence-corrected chi connectivity index (χ2v) is 9.35. The van der Waals surface area contributed by atoms with Gasteiger partial charge in [0.2, 0.25) is 0 Å². The normalized spacial score (nSPS) is 13.8. The molecule has 8 heteroatoms. The lowest BCUT2D eigenvalue weighted by atomic mass is 10.0. The number of pyridine rings is 2. The Morgan fingerprint density at radius 3 is 2.62 bits per heavy atom. The molecule has 37 heavy (non-hydrogen) atoms. The number of Topliss-reactive ketones (excluding diaryl/α,β-unsaturated/α-hetero) is 1. The number of nitrogens with one attached hydrogen (secondary N) is 1. The molecule has 0 unspecified atom stereocenters. The molecule has 1 N–H and O–H groups in total. The van der Waals surface area contributed by atoms with Crippen molar-refractivity contribution in [2.24, 2.45) is 7.05 Å². The number of benzene rings is 1. The molecule has 0 amide bonds. The van der Waals surface area contributed by atoms with Crippen molar-refractivity contribution in [1.82, 2.24) is 24.7 Å². The quantitative estimate of drug-likeness (QED) is 0.366. The highest BCUT2D eigenvalue weighted by Gasteiger charge is 2.17. The van der Waals surface area contributed by atoms with E-state index in [9.17, 15) is 4.79 Å². The SMILES string of the molecule is Cn1nc(-c2cccnc2)cc1CC(=O)Cc1ccc(-c2cc3c(N4CCOCC4)nccc3[nH]2)cc1. The molecule has 1 aliphatic heterocycles. The van der Waals surface area contributed by atoms with E-state index in [0.29, 0.717) is 12.8 Å². The highest BCUT2D eigenvalue weighted by Crippen LogP contribution is 2.30. The topological polar surface area (TPSA) is 88.9 Å². The van der Waals surface area contributed by atoms with E-state index in [1.54, 1.807) is 17.1 Å². The fourth-order valence-electron chi connectivity index (χ4n) is 4.84. The minimum Gasteiger partial charge on any atom is -0.378 e. The highest BCUT2D eigenvalue weighted by atomic mass is 16.5. The predicted octanol–water partition coefficient (Wildman–Crippen LogP) is 4.22. The van der Waals surface area contributed by atoms with E-state index in [1.165, 1.54) is 0 Å². The van der Waals surface area contributed by atoms with Gasteiger partial charge in [-0.3, -0.25) is 14.5 Å². The first-order valence-corrected chi connectivity index (χ1v) is 12.5. The van der Waals surface area contributed by atoms with E-state index in [1.807, 2.05) is 49.6 Å². The van der Waals surface area contributed by atoms with Crippen molar-refractivity contribution in [3.05, 3.63) is 84.4 Å². The van der Waals surface area contributed by atoms with Gasteiger partial charge < -0.3 is 14.6 Å². The van der Waals surface area contributed by atoms with E-state index in [2.05, 4.69) is 43.1 Å². The molecule has 1 aliphatic rings. The monoisotopic (exact) mass is 492 g/mol. The number of rotatable bonds is 7. The maximum atomic E-state index is 12.9. The van der Waals surface area contributed by atoms with Gasteiger partial charge in [-0.2, -0.15) is 5.10 Å². The third kappa shape index (κ3) is 4.88. The van der Waals surface area contributed by atoms with E-state index < -0.39 is 0 Å². The highest BCUT2D eigenvalue weighted by molar-refractivity contribution is 5.94. The molecule has 5 heterocycles. The Balaban J connectivity index is 1.15. The summed E-state index contributed by atoms with van der Waals surface area (Å²) in [5, 5.41) is 5.66. The van der Waals surface area contributed by atoms with Crippen LogP contribution in [0.25, 0.3) is 33.4 Å². The van der Waals surface area contributed by atoms with Crippen LogP contribution >= 0.6 is 0 Å². The van der Waals surface area contributed by atoms with Crippen molar-refractivity contribution >= 4 is 22.5 Å². The first-order valence-electron chi connectivity index (χ1n) is 12.5. The molecule has 8 nitrogen and oxygen atoms in total. The molecule has 1 aromatic carbocycles. The summed E-state index contributed by atoms with van der Waals surface area (Å²) in [5.74, 6) is 1.15. The molecule has 0 spiro atoms. The Kier molecular flexibility index (Phi) is 6.24. The number of hydrogen-bond acceptors (Lipinski definition) is 6. The number of anilines is 1. The minimum absolute atomic E-state index is 0.153. The van der Waals surface area contributed by atoms with E-state index in [0.717, 1.165) is 76.8 Å². The molecule has 0 atom stereocenters. The Bertz CT molecular complexity index is 1530. The second-order valence-electron chi connectivity index (χ2n) is 9.35. The maximum Gasteiger partial charge on any atom is 0.143 e. The molecule has 4 aromatic heterocycles. The predicted molar refractivity (Wildman–Crippen MR) is 143 cm³/mol. The molecule has 186 valence electrons. The van der Waals surface area contributed by atoms with Crippen LogP contribution in [-0.2, 0) is 29.4 Å².